The number of nitrogens with zero attached hydrogens (tertiary/aromatic N) is 1. The van der Waals surface area contributed by atoms with Crippen molar-refractivity contribution in [1.82, 2.24) is 0 Å². The first kappa shape index (κ1) is 10.1. The van der Waals surface area contributed by atoms with E-state index in [-0.39, 0.29) is 12.4 Å². The molecule has 1 aliphatic carbocycles. The average molecular weight is 221 g/mol. The lowest BCUT2D eigenvalue weighted by molar-refractivity contribution is 0.281. The standard InChI is InChI=1S/C13H16FNO/c14-12-3-1-2-10(8-16)13(12)15-7-9-4-5-11(15)6-9/h1-3,9,11,16H,4-8H2. The van der Waals surface area contributed by atoms with Crippen molar-refractivity contribution in [1.29, 1.82) is 0 Å². The summed E-state index contributed by atoms with van der Waals surface area (Å²) in [6.07, 6.45) is 3.65. The molecule has 3 heteroatoms. The molecule has 2 fully saturated rings. The molecule has 86 valence electrons. The van der Waals surface area contributed by atoms with Gasteiger partial charge in [0.2, 0.25) is 0 Å². The van der Waals surface area contributed by atoms with Gasteiger partial charge in [0.05, 0.1) is 12.3 Å². The van der Waals surface area contributed by atoms with Gasteiger partial charge in [-0.3, -0.25) is 0 Å². The van der Waals surface area contributed by atoms with Gasteiger partial charge in [0.25, 0.3) is 0 Å². The Balaban J connectivity index is 1.99. The highest BCUT2D eigenvalue weighted by atomic mass is 19.1. The number of aliphatic hydroxyl groups excluding tert-OH is 1. The first-order valence-electron chi connectivity index (χ1n) is 5.94. The molecule has 1 saturated heterocycles. The zero-order valence-electron chi connectivity index (χ0n) is 9.19. The Bertz CT molecular complexity index is 407. The molecule has 1 aromatic rings. The molecule has 2 unspecified atom stereocenters. The van der Waals surface area contributed by atoms with Crippen LogP contribution < -0.4 is 4.90 Å². The lowest BCUT2D eigenvalue weighted by Crippen LogP contribution is -2.33. The molecule has 1 heterocycles. The minimum atomic E-state index is -0.195. The minimum absolute atomic E-state index is 0.0824. The molecule has 2 aliphatic rings. The zero-order valence-corrected chi connectivity index (χ0v) is 9.19. The highest BCUT2D eigenvalue weighted by Gasteiger charge is 2.39. The van der Waals surface area contributed by atoms with E-state index in [9.17, 15) is 9.50 Å². The summed E-state index contributed by atoms with van der Waals surface area (Å²) in [5.41, 5.74) is 1.35. The first-order valence-corrected chi connectivity index (χ1v) is 5.94. The van der Waals surface area contributed by atoms with Crippen molar-refractivity contribution in [3.8, 4) is 0 Å². The minimum Gasteiger partial charge on any atom is -0.392 e. The second kappa shape index (κ2) is 3.74. The van der Waals surface area contributed by atoms with Crippen LogP contribution in [0.5, 0.6) is 0 Å². The fourth-order valence-electron chi connectivity index (χ4n) is 3.21. The van der Waals surface area contributed by atoms with Crippen LogP contribution >= 0.6 is 0 Å². The van der Waals surface area contributed by atoms with Crippen molar-refractivity contribution in [3.05, 3.63) is 29.6 Å². The number of anilines is 1. The monoisotopic (exact) mass is 221 g/mol. The van der Waals surface area contributed by atoms with Crippen molar-refractivity contribution in [3.63, 3.8) is 0 Å². The topological polar surface area (TPSA) is 23.5 Å². The van der Waals surface area contributed by atoms with E-state index in [0.29, 0.717) is 17.3 Å². The van der Waals surface area contributed by atoms with Crippen LogP contribution in [0.4, 0.5) is 10.1 Å². The summed E-state index contributed by atoms with van der Waals surface area (Å²) in [5, 5.41) is 9.28. The average Bonchev–Trinajstić information content (AvgIpc) is 2.90. The fourth-order valence-corrected chi connectivity index (χ4v) is 3.21. The second-order valence-corrected chi connectivity index (χ2v) is 4.89. The van der Waals surface area contributed by atoms with E-state index in [4.69, 9.17) is 0 Å². The van der Waals surface area contributed by atoms with Crippen LogP contribution in [0.2, 0.25) is 0 Å². The number of fused-ring (bicyclic) bond motifs is 2. The molecule has 1 N–H and O–H groups in total. The van der Waals surface area contributed by atoms with Gasteiger partial charge in [0.15, 0.2) is 0 Å². The summed E-state index contributed by atoms with van der Waals surface area (Å²) >= 11 is 0. The molecule has 1 aliphatic heterocycles. The second-order valence-electron chi connectivity index (χ2n) is 4.89. The van der Waals surface area contributed by atoms with Crippen LogP contribution in [0.15, 0.2) is 18.2 Å². The van der Waals surface area contributed by atoms with Gasteiger partial charge >= 0.3 is 0 Å². The highest BCUT2D eigenvalue weighted by molar-refractivity contribution is 5.56. The Morgan fingerprint density at radius 3 is 2.88 bits per heavy atom. The van der Waals surface area contributed by atoms with Crippen molar-refractivity contribution in [2.45, 2.75) is 31.9 Å². The fraction of sp³-hybridized carbons (Fsp3) is 0.538. The zero-order chi connectivity index (χ0) is 11.1. The van der Waals surface area contributed by atoms with Crippen LogP contribution in [0.1, 0.15) is 24.8 Å². The number of para-hydroxylation sites is 1. The number of piperidine rings is 1. The lowest BCUT2D eigenvalue weighted by Gasteiger charge is -2.31. The van der Waals surface area contributed by atoms with E-state index >= 15 is 0 Å². The van der Waals surface area contributed by atoms with Gasteiger partial charge in [-0.05, 0) is 31.2 Å². The van der Waals surface area contributed by atoms with Crippen LogP contribution in [-0.2, 0) is 6.61 Å². The van der Waals surface area contributed by atoms with Crippen molar-refractivity contribution < 1.29 is 9.50 Å². The number of halogens is 1. The van der Waals surface area contributed by atoms with Gasteiger partial charge in [-0.15, -0.1) is 0 Å². The Kier molecular flexibility index (Phi) is 2.36. The predicted molar refractivity (Wildman–Crippen MR) is 60.8 cm³/mol. The summed E-state index contributed by atoms with van der Waals surface area (Å²) in [6, 6.07) is 5.45. The maximum atomic E-state index is 13.9. The summed E-state index contributed by atoms with van der Waals surface area (Å²) in [7, 11) is 0. The van der Waals surface area contributed by atoms with E-state index < -0.39 is 0 Å². The molecule has 1 saturated carbocycles. The van der Waals surface area contributed by atoms with Crippen molar-refractivity contribution in [2.24, 2.45) is 5.92 Å². The third kappa shape index (κ3) is 1.42. The van der Waals surface area contributed by atoms with Crippen LogP contribution in [0, 0.1) is 11.7 Å². The molecule has 3 rings (SSSR count). The van der Waals surface area contributed by atoms with Gasteiger partial charge in [0, 0.05) is 18.2 Å². The molecular formula is C13H16FNO. The van der Waals surface area contributed by atoms with Gasteiger partial charge in [-0.25, -0.2) is 4.39 Å². The molecule has 2 nitrogen and oxygen atoms in total. The van der Waals surface area contributed by atoms with E-state index in [2.05, 4.69) is 4.90 Å². The van der Waals surface area contributed by atoms with Crippen molar-refractivity contribution in [2.75, 3.05) is 11.4 Å². The number of rotatable bonds is 2. The van der Waals surface area contributed by atoms with E-state index in [1.54, 1.807) is 6.07 Å². The van der Waals surface area contributed by atoms with Gasteiger partial charge in [-0.2, -0.15) is 0 Å². The smallest absolute Gasteiger partial charge is 0.146 e. The molecule has 1 aromatic carbocycles. The van der Waals surface area contributed by atoms with Crippen LogP contribution in [0.25, 0.3) is 0 Å². The number of benzene rings is 1. The number of hydrogen-bond donors (Lipinski definition) is 1. The molecule has 0 spiro atoms. The Morgan fingerprint density at radius 1 is 1.38 bits per heavy atom. The highest BCUT2D eigenvalue weighted by Crippen LogP contribution is 2.42. The molecule has 2 bridgehead atoms. The van der Waals surface area contributed by atoms with Crippen LogP contribution in [-0.4, -0.2) is 17.7 Å². The Morgan fingerprint density at radius 2 is 2.25 bits per heavy atom. The molecule has 0 aromatic heterocycles. The maximum Gasteiger partial charge on any atom is 0.146 e. The molecule has 0 amide bonds. The summed E-state index contributed by atoms with van der Waals surface area (Å²) in [4.78, 5) is 2.16. The Hall–Kier alpha value is -1.09. The Labute approximate surface area is 94.7 Å². The molecule has 0 radical (unpaired) electrons. The molecule has 16 heavy (non-hydrogen) atoms. The predicted octanol–water partition coefficient (Wildman–Crippen LogP) is 2.31. The first-order chi connectivity index (χ1) is 7.79. The van der Waals surface area contributed by atoms with Gasteiger partial charge < -0.3 is 10.0 Å². The third-order valence-electron chi connectivity index (χ3n) is 3.94. The summed E-state index contributed by atoms with van der Waals surface area (Å²) in [5.74, 6) is 0.537. The third-order valence-corrected chi connectivity index (χ3v) is 3.94. The largest absolute Gasteiger partial charge is 0.392 e. The summed E-state index contributed by atoms with van der Waals surface area (Å²) < 4.78 is 13.9. The van der Waals surface area contributed by atoms with Crippen LogP contribution in [0.3, 0.4) is 0 Å². The SMILES string of the molecule is OCc1cccc(F)c1N1CC2CCC1C2. The van der Waals surface area contributed by atoms with E-state index in [0.717, 1.165) is 12.5 Å². The van der Waals surface area contributed by atoms with Crippen molar-refractivity contribution >= 4 is 5.69 Å². The van der Waals surface area contributed by atoms with Gasteiger partial charge in [0.1, 0.15) is 5.82 Å². The normalized spacial score (nSPS) is 27.8. The number of aliphatic hydroxyl groups is 1. The van der Waals surface area contributed by atoms with Gasteiger partial charge in [-0.1, -0.05) is 12.1 Å². The molecular weight excluding hydrogens is 205 g/mol. The van der Waals surface area contributed by atoms with E-state index in [1.807, 2.05) is 6.07 Å². The quantitative estimate of drug-likeness (QED) is 0.828. The maximum absolute atomic E-state index is 13.9. The lowest BCUT2D eigenvalue weighted by atomic mass is 10.1. The summed E-state index contributed by atoms with van der Waals surface area (Å²) in [6.45, 7) is 0.875. The molecule has 2 atom stereocenters. The number of hydrogen-bond acceptors (Lipinski definition) is 2. The van der Waals surface area contributed by atoms with E-state index in [1.165, 1.54) is 25.3 Å².